The second kappa shape index (κ2) is 10.6. The van der Waals surface area contributed by atoms with Crippen LogP contribution in [0.1, 0.15) is 10.4 Å². The zero-order valence-electron chi connectivity index (χ0n) is 18.3. The normalized spacial score (nSPS) is 10.5. The fourth-order valence-electron chi connectivity index (χ4n) is 3.14. The van der Waals surface area contributed by atoms with Crippen molar-refractivity contribution in [2.24, 2.45) is 7.05 Å². The third kappa shape index (κ3) is 5.68. The molecule has 35 heavy (non-hydrogen) atoms. The molecule has 12 heteroatoms. The van der Waals surface area contributed by atoms with E-state index in [-0.39, 0.29) is 11.3 Å². The van der Waals surface area contributed by atoms with Crippen LogP contribution in [0.2, 0.25) is 0 Å². The Hall–Kier alpha value is -4.58. The number of amides is 1. The quantitative estimate of drug-likeness (QED) is 0.222. The van der Waals surface area contributed by atoms with Crippen molar-refractivity contribution in [1.82, 2.24) is 20.2 Å². The second-order valence-electron chi connectivity index (χ2n) is 7.16. The van der Waals surface area contributed by atoms with E-state index < -0.39 is 23.4 Å². The smallest absolute Gasteiger partial charge is 0.340 e. The van der Waals surface area contributed by atoms with Gasteiger partial charge in [0.25, 0.3) is 11.6 Å². The van der Waals surface area contributed by atoms with Crippen molar-refractivity contribution in [3.8, 4) is 11.1 Å². The summed E-state index contributed by atoms with van der Waals surface area (Å²) in [6, 6.07) is 20.5. The summed E-state index contributed by atoms with van der Waals surface area (Å²) in [5.74, 6) is -1.45. The molecular weight excluding hydrogens is 472 g/mol. The number of hydrogen-bond donors (Lipinski definition) is 1. The van der Waals surface area contributed by atoms with Crippen molar-refractivity contribution in [2.45, 2.75) is 10.1 Å². The van der Waals surface area contributed by atoms with Crippen LogP contribution in [0.5, 0.6) is 0 Å². The number of ether oxygens (including phenoxy) is 1. The molecule has 4 rings (SSSR count). The van der Waals surface area contributed by atoms with E-state index in [0.717, 1.165) is 29.0 Å². The van der Waals surface area contributed by atoms with Crippen molar-refractivity contribution in [2.75, 3.05) is 11.9 Å². The topological polar surface area (TPSA) is 142 Å². The van der Waals surface area contributed by atoms with Gasteiger partial charge in [-0.15, -0.1) is 5.10 Å². The van der Waals surface area contributed by atoms with E-state index in [0.29, 0.717) is 15.7 Å². The highest BCUT2D eigenvalue weighted by molar-refractivity contribution is 7.99. The summed E-state index contributed by atoms with van der Waals surface area (Å²) in [6.45, 7) is -0.583. The van der Waals surface area contributed by atoms with E-state index in [1.54, 1.807) is 19.2 Å². The minimum Gasteiger partial charge on any atom is -0.452 e. The van der Waals surface area contributed by atoms with Crippen LogP contribution in [-0.4, -0.2) is 43.6 Å². The highest BCUT2D eigenvalue weighted by Gasteiger charge is 2.21. The number of aromatic nitrogens is 4. The zero-order chi connectivity index (χ0) is 24.8. The van der Waals surface area contributed by atoms with Crippen LogP contribution in [-0.2, 0) is 16.6 Å². The molecule has 0 unspecified atom stereocenters. The van der Waals surface area contributed by atoms with Gasteiger partial charge in [0.2, 0.25) is 5.16 Å². The molecule has 0 saturated heterocycles. The standard InChI is InChI=1S/C23H18N6O5S/c1-28-23(25-26-27-28)35-20-12-11-16(29(32)33)13-18(20)22(31)34-14-21(30)24-19-10-6-5-9-17(19)15-7-3-2-4-8-15/h2-13H,14H2,1H3,(H,24,30). The molecule has 1 heterocycles. The monoisotopic (exact) mass is 490 g/mol. The van der Waals surface area contributed by atoms with Crippen LogP contribution in [0.15, 0.2) is 82.8 Å². The van der Waals surface area contributed by atoms with Crippen LogP contribution < -0.4 is 5.32 Å². The maximum Gasteiger partial charge on any atom is 0.340 e. The molecule has 0 aliphatic carbocycles. The molecular formula is C23H18N6O5S. The van der Waals surface area contributed by atoms with Gasteiger partial charge in [-0.05, 0) is 39.9 Å². The molecule has 4 aromatic rings. The van der Waals surface area contributed by atoms with Crippen molar-refractivity contribution in [3.05, 3.63) is 88.5 Å². The molecule has 11 nitrogen and oxygen atoms in total. The molecule has 1 N–H and O–H groups in total. The Morgan fingerprint density at radius 2 is 1.83 bits per heavy atom. The number of nitrogens with one attached hydrogen (secondary N) is 1. The largest absolute Gasteiger partial charge is 0.452 e. The summed E-state index contributed by atoms with van der Waals surface area (Å²) in [7, 11) is 1.61. The fraction of sp³-hybridized carbons (Fsp3) is 0.0870. The summed E-state index contributed by atoms with van der Waals surface area (Å²) in [5, 5.41) is 25.4. The van der Waals surface area contributed by atoms with Gasteiger partial charge in [0.05, 0.1) is 10.5 Å². The van der Waals surface area contributed by atoms with Gasteiger partial charge in [-0.1, -0.05) is 48.5 Å². The van der Waals surface area contributed by atoms with E-state index in [4.69, 9.17) is 4.74 Å². The molecule has 0 aliphatic rings. The molecule has 0 radical (unpaired) electrons. The molecule has 0 atom stereocenters. The number of nitro groups is 1. The molecule has 3 aromatic carbocycles. The Kier molecular flexibility index (Phi) is 7.12. The number of benzene rings is 3. The lowest BCUT2D eigenvalue weighted by molar-refractivity contribution is -0.384. The lowest BCUT2D eigenvalue weighted by Gasteiger charge is -2.12. The Morgan fingerprint density at radius 3 is 2.54 bits per heavy atom. The first-order chi connectivity index (χ1) is 16.9. The maximum atomic E-state index is 12.8. The third-order valence-electron chi connectivity index (χ3n) is 4.80. The van der Waals surface area contributed by atoms with Gasteiger partial charge in [0.15, 0.2) is 6.61 Å². The number of rotatable bonds is 8. The first-order valence-corrected chi connectivity index (χ1v) is 11.0. The number of carbonyl (C=O) groups is 2. The minimum atomic E-state index is -0.891. The summed E-state index contributed by atoms with van der Waals surface area (Å²) >= 11 is 1.04. The van der Waals surface area contributed by atoms with Crippen molar-refractivity contribution >= 4 is 35.0 Å². The van der Waals surface area contributed by atoms with Gasteiger partial charge < -0.3 is 10.1 Å². The summed E-state index contributed by atoms with van der Waals surface area (Å²) in [6.07, 6.45) is 0. The highest BCUT2D eigenvalue weighted by atomic mass is 32.2. The molecule has 0 fully saturated rings. The van der Waals surface area contributed by atoms with E-state index >= 15 is 0 Å². The van der Waals surface area contributed by atoms with Crippen LogP contribution in [0, 0.1) is 10.1 Å². The number of para-hydroxylation sites is 1. The van der Waals surface area contributed by atoms with Gasteiger partial charge in [-0.2, -0.15) is 0 Å². The first kappa shape index (κ1) is 23.6. The number of carbonyl (C=O) groups excluding carboxylic acids is 2. The summed E-state index contributed by atoms with van der Waals surface area (Å²) in [5.41, 5.74) is 1.91. The van der Waals surface area contributed by atoms with E-state index in [1.165, 1.54) is 16.8 Å². The Morgan fingerprint density at radius 1 is 1.09 bits per heavy atom. The lowest BCUT2D eigenvalue weighted by atomic mass is 10.0. The number of aryl methyl sites for hydroxylation is 1. The second-order valence-corrected chi connectivity index (χ2v) is 8.17. The molecule has 1 aromatic heterocycles. The lowest BCUT2D eigenvalue weighted by Crippen LogP contribution is -2.21. The van der Waals surface area contributed by atoms with Crippen molar-refractivity contribution in [3.63, 3.8) is 0 Å². The Labute approximate surface area is 203 Å². The van der Waals surface area contributed by atoms with Crippen LogP contribution >= 0.6 is 11.8 Å². The Bertz CT molecular complexity index is 1390. The van der Waals surface area contributed by atoms with Crippen molar-refractivity contribution in [1.29, 1.82) is 0 Å². The SMILES string of the molecule is Cn1nnnc1Sc1ccc([N+](=O)[O-])cc1C(=O)OCC(=O)Nc1ccccc1-c1ccccc1. The number of tetrazole rings is 1. The van der Waals surface area contributed by atoms with Crippen molar-refractivity contribution < 1.29 is 19.2 Å². The molecule has 0 saturated carbocycles. The molecule has 1 amide bonds. The molecule has 0 spiro atoms. The molecule has 176 valence electrons. The minimum absolute atomic E-state index is 0.0790. The van der Waals surface area contributed by atoms with E-state index in [2.05, 4.69) is 20.8 Å². The number of nitrogens with zero attached hydrogens (tertiary/aromatic N) is 5. The predicted octanol–water partition coefficient (Wildman–Crippen LogP) is 3.73. The number of nitro benzene ring substituents is 1. The average molecular weight is 491 g/mol. The number of non-ortho nitro benzene ring substituents is 1. The number of esters is 1. The highest BCUT2D eigenvalue weighted by Crippen LogP contribution is 2.31. The average Bonchev–Trinajstić information content (AvgIpc) is 3.27. The van der Waals surface area contributed by atoms with E-state index in [9.17, 15) is 19.7 Å². The number of hydrogen-bond acceptors (Lipinski definition) is 9. The third-order valence-corrected chi connectivity index (χ3v) is 5.90. The van der Waals surface area contributed by atoms with Gasteiger partial charge in [-0.25, -0.2) is 9.48 Å². The number of anilines is 1. The predicted molar refractivity (Wildman–Crippen MR) is 127 cm³/mol. The summed E-state index contributed by atoms with van der Waals surface area (Å²) in [4.78, 5) is 36.3. The fourth-order valence-corrected chi connectivity index (χ4v) is 3.97. The van der Waals surface area contributed by atoms with Gasteiger partial charge in [0.1, 0.15) is 0 Å². The van der Waals surface area contributed by atoms with Crippen LogP contribution in [0.25, 0.3) is 11.1 Å². The van der Waals surface area contributed by atoms with Gasteiger partial charge in [-0.3, -0.25) is 14.9 Å². The molecule has 0 bridgehead atoms. The first-order valence-electron chi connectivity index (χ1n) is 10.2. The maximum absolute atomic E-state index is 12.8. The van der Waals surface area contributed by atoms with Gasteiger partial charge in [0, 0.05) is 35.3 Å². The van der Waals surface area contributed by atoms with Crippen LogP contribution in [0.4, 0.5) is 11.4 Å². The van der Waals surface area contributed by atoms with Gasteiger partial charge >= 0.3 is 5.97 Å². The zero-order valence-corrected chi connectivity index (χ0v) is 19.1. The Balaban J connectivity index is 1.49. The summed E-state index contributed by atoms with van der Waals surface area (Å²) < 4.78 is 6.57. The van der Waals surface area contributed by atoms with Crippen LogP contribution in [0.3, 0.4) is 0 Å². The van der Waals surface area contributed by atoms with E-state index in [1.807, 2.05) is 42.5 Å². The molecule has 0 aliphatic heterocycles.